The van der Waals surface area contributed by atoms with Crippen LogP contribution in [0.15, 0.2) is 17.9 Å². The van der Waals surface area contributed by atoms with Gasteiger partial charge in [-0.05, 0) is 6.92 Å². The molecule has 0 aliphatic rings. The molecule has 6 nitrogen and oxygen atoms in total. The maximum atomic E-state index is 11.7. The minimum Gasteiger partial charge on any atom is -0.343 e. The van der Waals surface area contributed by atoms with Crippen molar-refractivity contribution < 1.29 is 4.79 Å². The Balaban J connectivity index is 2.03. The van der Waals surface area contributed by atoms with Gasteiger partial charge in [0.2, 0.25) is 0 Å². The van der Waals surface area contributed by atoms with Gasteiger partial charge in [-0.3, -0.25) is 14.5 Å². The Hall–Kier alpha value is -1.76. The third kappa shape index (κ3) is 2.25. The van der Waals surface area contributed by atoms with Crippen LogP contribution in [0, 0.1) is 0 Å². The van der Waals surface area contributed by atoms with Gasteiger partial charge in [0.25, 0.3) is 5.91 Å². The number of amides is 1. The molecule has 0 radical (unpaired) electrons. The number of nitrogens with one attached hydrogen (secondary N) is 1. The standard InChI is InChI=1S/C9H11N5OS/c1-6(8-3-10-5-16-8)11-9(15)7-4-14(2)13-12-7/h3-6H,1-2H3,(H,11,15). The first-order valence-corrected chi connectivity index (χ1v) is 5.60. The molecule has 1 atom stereocenters. The molecular weight excluding hydrogens is 226 g/mol. The van der Waals surface area contributed by atoms with Crippen LogP contribution in [0.3, 0.4) is 0 Å². The molecule has 0 saturated carbocycles. The molecule has 1 unspecified atom stereocenters. The van der Waals surface area contributed by atoms with Crippen LogP contribution in [0.1, 0.15) is 28.3 Å². The molecule has 0 bridgehead atoms. The van der Waals surface area contributed by atoms with Crippen molar-refractivity contribution in [2.45, 2.75) is 13.0 Å². The van der Waals surface area contributed by atoms with Crippen LogP contribution in [0.5, 0.6) is 0 Å². The fraction of sp³-hybridized carbons (Fsp3) is 0.333. The SMILES string of the molecule is CC(NC(=O)c1cn(C)nn1)c1cncs1. The zero-order valence-corrected chi connectivity index (χ0v) is 9.73. The van der Waals surface area contributed by atoms with Crippen molar-refractivity contribution in [2.24, 2.45) is 7.05 Å². The second-order valence-corrected chi connectivity index (χ2v) is 4.29. The van der Waals surface area contributed by atoms with E-state index in [1.54, 1.807) is 25.0 Å². The number of carbonyl (C=O) groups is 1. The van der Waals surface area contributed by atoms with Crippen molar-refractivity contribution in [3.63, 3.8) is 0 Å². The van der Waals surface area contributed by atoms with Crippen LogP contribution in [-0.4, -0.2) is 25.9 Å². The molecule has 0 aliphatic heterocycles. The first-order valence-electron chi connectivity index (χ1n) is 4.72. The van der Waals surface area contributed by atoms with Gasteiger partial charge >= 0.3 is 0 Å². The smallest absolute Gasteiger partial charge is 0.273 e. The molecule has 7 heteroatoms. The number of aryl methyl sites for hydroxylation is 1. The van der Waals surface area contributed by atoms with Crippen molar-refractivity contribution in [1.82, 2.24) is 25.3 Å². The highest BCUT2D eigenvalue weighted by molar-refractivity contribution is 7.09. The minimum atomic E-state index is -0.228. The van der Waals surface area contributed by atoms with Crippen LogP contribution in [0.2, 0.25) is 0 Å². The van der Waals surface area contributed by atoms with Gasteiger partial charge in [-0.1, -0.05) is 5.21 Å². The van der Waals surface area contributed by atoms with Crippen LogP contribution < -0.4 is 5.32 Å². The average molecular weight is 237 g/mol. The number of hydrogen-bond donors (Lipinski definition) is 1. The molecule has 0 fully saturated rings. The van der Waals surface area contributed by atoms with Crippen molar-refractivity contribution >= 4 is 17.2 Å². The van der Waals surface area contributed by atoms with Gasteiger partial charge < -0.3 is 5.32 Å². The normalized spacial score (nSPS) is 12.4. The van der Waals surface area contributed by atoms with E-state index in [0.29, 0.717) is 5.69 Å². The molecule has 2 aromatic heterocycles. The van der Waals surface area contributed by atoms with Gasteiger partial charge in [0, 0.05) is 18.1 Å². The van der Waals surface area contributed by atoms with Gasteiger partial charge in [-0.15, -0.1) is 16.4 Å². The van der Waals surface area contributed by atoms with Crippen molar-refractivity contribution in [2.75, 3.05) is 0 Å². The number of aromatic nitrogens is 4. The minimum absolute atomic E-state index is 0.0676. The predicted octanol–water partition coefficient (Wildman–Crippen LogP) is 0.763. The summed E-state index contributed by atoms with van der Waals surface area (Å²) in [6, 6.07) is -0.0676. The maximum absolute atomic E-state index is 11.7. The van der Waals surface area contributed by atoms with Crippen LogP contribution in [-0.2, 0) is 7.05 Å². The zero-order chi connectivity index (χ0) is 11.5. The number of hydrogen-bond acceptors (Lipinski definition) is 5. The zero-order valence-electron chi connectivity index (χ0n) is 8.91. The maximum Gasteiger partial charge on any atom is 0.273 e. The number of nitrogens with zero attached hydrogens (tertiary/aromatic N) is 4. The summed E-state index contributed by atoms with van der Waals surface area (Å²) in [6.45, 7) is 1.90. The number of rotatable bonds is 3. The largest absolute Gasteiger partial charge is 0.343 e. The molecule has 2 aromatic rings. The van der Waals surface area contributed by atoms with Crippen LogP contribution in [0.4, 0.5) is 0 Å². The Kier molecular flexibility index (Phi) is 2.95. The highest BCUT2D eigenvalue weighted by Gasteiger charge is 2.14. The lowest BCUT2D eigenvalue weighted by atomic mass is 10.3. The first-order chi connectivity index (χ1) is 7.66. The summed E-state index contributed by atoms with van der Waals surface area (Å²) < 4.78 is 1.49. The van der Waals surface area contributed by atoms with E-state index < -0.39 is 0 Å². The molecule has 16 heavy (non-hydrogen) atoms. The summed E-state index contributed by atoms with van der Waals surface area (Å²) in [5.74, 6) is -0.228. The number of thiazole rings is 1. The summed E-state index contributed by atoms with van der Waals surface area (Å²) >= 11 is 1.51. The fourth-order valence-corrected chi connectivity index (χ4v) is 1.86. The average Bonchev–Trinajstić information content (AvgIpc) is 2.87. The highest BCUT2D eigenvalue weighted by Crippen LogP contribution is 2.16. The second kappa shape index (κ2) is 4.40. The third-order valence-corrected chi connectivity index (χ3v) is 3.02. The fourth-order valence-electron chi connectivity index (χ4n) is 1.23. The second-order valence-electron chi connectivity index (χ2n) is 3.38. The van der Waals surface area contributed by atoms with Crippen molar-refractivity contribution in [1.29, 1.82) is 0 Å². The van der Waals surface area contributed by atoms with E-state index in [2.05, 4.69) is 20.6 Å². The monoisotopic (exact) mass is 237 g/mol. The van der Waals surface area contributed by atoms with E-state index in [9.17, 15) is 4.79 Å². The lowest BCUT2D eigenvalue weighted by molar-refractivity contribution is 0.0935. The van der Waals surface area contributed by atoms with E-state index >= 15 is 0 Å². The predicted molar refractivity (Wildman–Crippen MR) is 59.0 cm³/mol. The summed E-state index contributed by atoms with van der Waals surface area (Å²) in [5, 5.41) is 10.3. The van der Waals surface area contributed by atoms with Gasteiger partial charge in [-0.25, -0.2) is 0 Å². The molecule has 0 saturated heterocycles. The van der Waals surface area contributed by atoms with E-state index in [0.717, 1.165) is 4.88 Å². The van der Waals surface area contributed by atoms with Crippen LogP contribution in [0.25, 0.3) is 0 Å². The van der Waals surface area contributed by atoms with Gasteiger partial charge in [0.15, 0.2) is 5.69 Å². The lowest BCUT2D eigenvalue weighted by Gasteiger charge is -2.09. The lowest BCUT2D eigenvalue weighted by Crippen LogP contribution is -2.26. The van der Waals surface area contributed by atoms with Gasteiger partial charge in [0.05, 0.1) is 17.7 Å². The summed E-state index contributed by atoms with van der Waals surface area (Å²) in [7, 11) is 1.72. The highest BCUT2D eigenvalue weighted by atomic mass is 32.1. The van der Waals surface area contributed by atoms with E-state index in [1.807, 2.05) is 6.92 Å². The Morgan fingerprint density at radius 1 is 1.62 bits per heavy atom. The van der Waals surface area contributed by atoms with Gasteiger partial charge in [0.1, 0.15) is 0 Å². The molecule has 1 N–H and O–H groups in total. The Bertz CT molecular complexity index is 478. The Morgan fingerprint density at radius 3 is 3.00 bits per heavy atom. The quantitative estimate of drug-likeness (QED) is 0.855. The van der Waals surface area contributed by atoms with Gasteiger partial charge in [-0.2, -0.15) is 0 Å². The molecule has 1 amide bonds. The molecule has 84 valence electrons. The Morgan fingerprint density at radius 2 is 2.44 bits per heavy atom. The molecule has 0 aromatic carbocycles. The molecular formula is C9H11N5OS. The molecule has 2 heterocycles. The third-order valence-electron chi connectivity index (χ3n) is 2.06. The molecule has 0 aliphatic carbocycles. The van der Waals surface area contributed by atoms with E-state index in [1.165, 1.54) is 16.0 Å². The van der Waals surface area contributed by atoms with Crippen molar-refractivity contribution in [3.05, 3.63) is 28.5 Å². The first kappa shape index (κ1) is 10.7. The number of carbonyl (C=O) groups excluding carboxylic acids is 1. The Labute approximate surface area is 96.3 Å². The van der Waals surface area contributed by atoms with Crippen LogP contribution >= 0.6 is 11.3 Å². The van der Waals surface area contributed by atoms with Crippen molar-refractivity contribution in [3.8, 4) is 0 Å². The summed E-state index contributed by atoms with van der Waals surface area (Å²) in [6.07, 6.45) is 3.32. The van der Waals surface area contributed by atoms with E-state index in [4.69, 9.17) is 0 Å². The van der Waals surface area contributed by atoms with E-state index in [-0.39, 0.29) is 11.9 Å². The molecule has 2 rings (SSSR count). The summed E-state index contributed by atoms with van der Waals surface area (Å²) in [4.78, 5) is 16.7. The topological polar surface area (TPSA) is 72.7 Å². The molecule has 0 spiro atoms. The summed E-state index contributed by atoms with van der Waals surface area (Å²) in [5.41, 5.74) is 2.05.